The Morgan fingerprint density at radius 3 is 2.81 bits per heavy atom. The lowest BCUT2D eigenvalue weighted by Crippen LogP contribution is -2.31. The molecule has 110 valence electrons. The van der Waals surface area contributed by atoms with Crippen LogP contribution in [0.1, 0.15) is 40.7 Å². The van der Waals surface area contributed by atoms with Crippen LogP contribution in [0.5, 0.6) is 0 Å². The zero-order valence-corrected chi connectivity index (χ0v) is 13.7. The minimum absolute atomic E-state index is 0.419. The fourth-order valence-corrected chi connectivity index (χ4v) is 3.67. The Hall–Kier alpha value is -1.31. The van der Waals surface area contributed by atoms with E-state index in [1.807, 2.05) is 0 Å². The highest BCUT2D eigenvalue weighted by Crippen LogP contribution is 2.36. The van der Waals surface area contributed by atoms with Gasteiger partial charge in [-0.25, -0.2) is 0 Å². The molecule has 1 aliphatic rings. The largest absolute Gasteiger partial charge is 0.301 e. The third kappa shape index (κ3) is 2.86. The van der Waals surface area contributed by atoms with Crippen LogP contribution in [0.15, 0.2) is 36.4 Å². The van der Waals surface area contributed by atoms with Gasteiger partial charge in [-0.1, -0.05) is 42.8 Å². The van der Waals surface area contributed by atoms with Crippen LogP contribution in [0, 0.1) is 6.92 Å². The van der Waals surface area contributed by atoms with Gasteiger partial charge in [-0.3, -0.25) is 0 Å². The van der Waals surface area contributed by atoms with E-state index in [1.165, 1.54) is 27.8 Å². The summed E-state index contributed by atoms with van der Waals surface area (Å²) in [7, 11) is 2.20. The molecule has 1 nitrogen and oxygen atoms in total. The predicted molar refractivity (Wildman–Crippen MR) is 90.2 cm³/mol. The minimum Gasteiger partial charge on any atom is -0.301 e. The van der Waals surface area contributed by atoms with Crippen LogP contribution in [0.3, 0.4) is 0 Å². The van der Waals surface area contributed by atoms with Crippen molar-refractivity contribution in [1.29, 1.82) is 0 Å². The summed E-state index contributed by atoms with van der Waals surface area (Å²) >= 11 is 6.32. The Bertz CT molecular complexity index is 663. The molecule has 2 heteroatoms. The molecule has 21 heavy (non-hydrogen) atoms. The molecule has 2 aromatic carbocycles. The van der Waals surface area contributed by atoms with Gasteiger partial charge in [0, 0.05) is 24.0 Å². The Labute approximate surface area is 132 Å². The second kappa shape index (κ2) is 5.82. The summed E-state index contributed by atoms with van der Waals surface area (Å²) in [5, 5.41) is 0.854. The number of aryl methyl sites for hydroxylation is 2. The van der Waals surface area contributed by atoms with Crippen molar-refractivity contribution in [1.82, 2.24) is 4.90 Å². The molecule has 0 bridgehead atoms. The maximum Gasteiger partial charge on any atom is 0.0411 e. The number of hydrogen-bond donors (Lipinski definition) is 0. The molecule has 1 heterocycles. The Morgan fingerprint density at radius 1 is 1.24 bits per heavy atom. The van der Waals surface area contributed by atoms with Crippen LogP contribution in [-0.4, -0.2) is 18.5 Å². The molecular weight excluding hydrogens is 278 g/mol. The normalized spacial score (nSPS) is 18.6. The molecule has 0 saturated carbocycles. The molecule has 1 atom stereocenters. The highest BCUT2D eigenvalue weighted by atomic mass is 35.5. The maximum atomic E-state index is 6.32. The van der Waals surface area contributed by atoms with E-state index in [4.69, 9.17) is 11.6 Å². The molecule has 1 aliphatic heterocycles. The second-order valence-corrected chi connectivity index (χ2v) is 6.57. The molecule has 2 aromatic rings. The first-order chi connectivity index (χ1) is 10.1. The first kappa shape index (κ1) is 14.6. The van der Waals surface area contributed by atoms with Gasteiger partial charge in [-0.2, -0.15) is 0 Å². The number of rotatable bonds is 2. The predicted octanol–water partition coefficient (Wildman–Crippen LogP) is 4.79. The Morgan fingerprint density at radius 2 is 2.05 bits per heavy atom. The SMILES string of the molecule is CCc1cccc(C2CN(C)Cc3c(C)cc(Cl)cc32)c1. The lowest BCUT2D eigenvalue weighted by atomic mass is 9.82. The summed E-state index contributed by atoms with van der Waals surface area (Å²) < 4.78 is 0. The molecule has 0 spiro atoms. The van der Waals surface area contributed by atoms with Gasteiger partial charge in [0.2, 0.25) is 0 Å². The summed E-state index contributed by atoms with van der Waals surface area (Å²) in [6.07, 6.45) is 1.08. The quantitative estimate of drug-likeness (QED) is 0.771. The summed E-state index contributed by atoms with van der Waals surface area (Å²) in [4.78, 5) is 2.41. The molecule has 0 N–H and O–H groups in total. The first-order valence-electron chi connectivity index (χ1n) is 7.64. The fraction of sp³-hybridized carbons (Fsp3) is 0.368. The first-order valence-corrected chi connectivity index (χ1v) is 8.02. The third-order valence-corrected chi connectivity index (χ3v) is 4.75. The fourth-order valence-electron chi connectivity index (χ4n) is 3.39. The van der Waals surface area contributed by atoms with Crippen molar-refractivity contribution >= 4 is 11.6 Å². The van der Waals surface area contributed by atoms with E-state index in [0.29, 0.717) is 5.92 Å². The summed E-state index contributed by atoms with van der Waals surface area (Å²) in [6, 6.07) is 13.2. The van der Waals surface area contributed by atoms with Gasteiger partial charge in [0.1, 0.15) is 0 Å². The number of halogens is 1. The molecule has 0 fully saturated rings. The zero-order valence-electron chi connectivity index (χ0n) is 13.0. The van der Waals surface area contributed by atoms with Crippen molar-refractivity contribution in [2.24, 2.45) is 0 Å². The molecule has 3 rings (SSSR count). The van der Waals surface area contributed by atoms with Crippen LogP contribution < -0.4 is 0 Å². The Balaban J connectivity index is 2.12. The molecule has 0 aromatic heterocycles. The average molecular weight is 300 g/mol. The number of benzene rings is 2. The van der Waals surface area contributed by atoms with Gasteiger partial charge < -0.3 is 4.90 Å². The van der Waals surface area contributed by atoms with E-state index in [0.717, 1.165) is 24.5 Å². The van der Waals surface area contributed by atoms with E-state index < -0.39 is 0 Å². The van der Waals surface area contributed by atoms with Crippen LogP contribution in [0.4, 0.5) is 0 Å². The van der Waals surface area contributed by atoms with Crippen molar-refractivity contribution in [3.05, 3.63) is 69.2 Å². The van der Waals surface area contributed by atoms with Crippen LogP contribution in [0.2, 0.25) is 5.02 Å². The molecule has 0 radical (unpaired) electrons. The van der Waals surface area contributed by atoms with Crippen LogP contribution >= 0.6 is 11.6 Å². The van der Waals surface area contributed by atoms with Crippen molar-refractivity contribution in [3.8, 4) is 0 Å². The Kier molecular flexibility index (Phi) is 4.05. The number of hydrogen-bond acceptors (Lipinski definition) is 1. The topological polar surface area (TPSA) is 3.24 Å². The van der Waals surface area contributed by atoms with Gasteiger partial charge in [0.05, 0.1) is 0 Å². The summed E-state index contributed by atoms with van der Waals surface area (Å²) in [5.74, 6) is 0.419. The van der Waals surface area contributed by atoms with E-state index >= 15 is 0 Å². The van der Waals surface area contributed by atoms with Gasteiger partial charge in [0.25, 0.3) is 0 Å². The van der Waals surface area contributed by atoms with E-state index in [-0.39, 0.29) is 0 Å². The van der Waals surface area contributed by atoms with E-state index in [9.17, 15) is 0 Å². The number of likely N-dealkylation sites (N-methyl/N-ethyl adjacent to an activating group) is 1. The summed E-state index contributed by atoms with van der Waals surface area (Å²) in [5.41, 5.74) is 6.97. The third-order valence-electron chi connectivity index (χ3n) is 4.53. The van der Waals surface area contributed by atoms with Crippen molar-refractivity contribution in [2.75, 3.05) is 13.6 Å². The van der Waals surface area contributed by atoms with E-state index in [1.54, 1.807) is 0 Å². The lowest BCUT2D eigenvalue weighted by molar-refractivity contribution is 0.294. The van der Waals surface area contributed by atoms with E-state index in [2.05, 4.69) is 62.2 Å². The van der Waals surface area contributed by atoms with Gasteiger partial charge in [0.15, 0.2) is 0 Å². The lowest BCUT2D eigenvalue weighted by Gasteiger charge is -2.34. The highest BCUT2D eigenvalue weighted by Gasteiger charge is 2.26. The molecular formula is C19H22ClN. The monoisotopic (exact) mass is 299 g/mol. The van der Waals surface area contributed by atoms with Gasteiger partial charge in [-0.15, -0.1) is 0 Å². The smallest absolute Gasteiger partial charge is 0.0411 e. The average Bonchev–Trinajstić information content (AvgIpc) is 2.47. The number of fused-ring (bicyclic) bond motifs is 1. The van der Waals surface area contributed by atoms with Crippen LogP contribution in [0.25, 0.3) is 0 Å². The van der Waals surface area contributed by atoms with Crippen molar-refractivity contribution in [2.45, 2.75) is 32.7 Å². The maximum absolute atomic E-state index is 6.32. The molecule has 1 unspecified atom stereocenters. The van der Waals surface area contributed by atoms with Gasteiger partial charge in [-0.05, 0) is 60.3 Å². The minimum atomic E-state index is 0.419. The van der Waals surface area contributed by atoms with Crippen LogP contribution in [-0.2, 0) is 13.0 Å². The second-order valence-electron chi connectivity index (χ2n) is 6.14. The highest BCUT2D eigenvalue weighted by molar-refractivity contribution is 6.30. The standard InChI is InChI=1S/C19H22ClN/c1-4-14-6-5-7-15(9-14)19-12-21(3)11-18-13(2)8-16(20)10-17(18)19/h5-10,19H,4,11-12H2,1-3H3. The number of nitrogens with zero attached hydrogens (tertiary/aromatic N) is 1. The van der Waals surface area contributed by atoms with Gasteiger partial charge >= 0.3 is 0 Å². The van der Waals surface area contributed by atoms with Crippen molar-refractivity contribution < 1.29 is 0 Å². The molecule has 0 aliphatic carbocycles. The zero-order chi connectivity index (χ0) is 15.0. The molecule has 0 amide bonds. The summed E-state index contributed by atoms with van der Waals surface area (Å²) in [6.45, 7) is 6.45. The molecule has 0 saturated heterocycles. The van der Waals surface area contributed by atoms with Crippen molar-refractivity contribution in [3.63, 3.8) is 0 Å².